The third-order valence-corrected chi connectivity index (χ3v) is 9.85. The lowest BCUT2D eigenvalue weighted by atomic mass is 9.81. The number of fused-ring (bicyclic) bond motifs is 5. The Labute approximate surface area is 285 Å². The number of cyclic esters (lactones) is 1. The number of nitrogens with one attached hydrogen (secondary N) is 3. The molecule has 6 rings (SSSR count). The summed E-state index contributed by atoms with van der Waals surface area (Å²) in [4.78, 5) is 69.0. The highest BCUT2D eigenvalue weighted by molar-refractivity contribution is 5.94. The second-order valence-electron chi connectivity index (χ2n) is 13.0. The number of pyridine rings is 2. The molecule has 4 heterocycles. The van der Waals surface area contributed by atoms with Gasteiger partial charge < -0.3 is 45.9 Å². The fourth-order valence-corrected chi connectivity index (χ4v) is 6.95. The van der Waals surface area contributed by atoms with Crippen molar-refractivity contribution >= 4 is 34.6 Å². The number of benzene rings is 1. The van der Waals surface area contributed by atoms with Crippen molar-refractivity contribution in [1.29, 1.82) is 0 Å². The molecule has 7 N–H and O–H groups in total. The zero-order valence-electron chi connectivity index (χ0n) is 28.0. The fraction of sp³-hybridized carbons (Fsp3) is 0.471. The van der Waals surface area contributed by atoms with Crippen molar-refractivity contribution in [3.8, 4) is 11.4 Å². The molecule has 2 aromatic heterocycles. The largest absolute Gasteiger partial charge is 0.458 e. The Hall–Kier alpha value is -4.77. The van der Waals surface area contributed by atoms with Crippen molar-refractivity contribution < 1.29 is 43.3 Å². The van der Waals surface area contributed by atoms with Gasteiger partial charge in [0.2, 0.25) is 11.8 Å². The number of aliphatic hydroxyl groups is 2. The van der Waals surface area contributed by atoms with Gasteiger partial charge >= 0.3 is 5.97 Å². The average molecular weight is 695 g/mol. The number of hydrogen-bond donors (Lipinski definition) is 6. The molecule has 0 radical (unpaired) electrons. The van der Waals surface area contributed by atoms with Crippen molar-refractivity contribution in [2.24, 2.45) is 5.73 Å². The molecule has 0 saturated heterocycles. The zero-order valence-corrected chi connectivity index (χ0v) is 28.0. The Balaban J connectivity index is 1.33. The quantitative estimate of drug-likeness (QED) is 0.0952. The van der Waals surface area contributed by atoms with Gasteiger partial charge in [0.15, 0.2) is 11.7 Å². The van der Waals surface area contributed by atoms with Gasteiger partial charge in [-0.3, -0.25) is 19.2 Å². The summed E-state index contributed by atoms with van der Waals surface area (Å²) in [6.45, 7) is 4.78. The molecule has 3 amide bonds. The van der Waals surface area contributed by atoms with Crippen LogP contribution >= 0.6 is 0 Å². The molecular weight excluding hydrogens is 655 g/mol. The van der Waals surface area contributed by atoms with E-state index in [0.29, 0.717) is 51.8 Å². The van der Waals surface area contributed by atoms with E-state index < -0.39 is 78.2 Å². The minimum Gasteiger partial charge on any atom is -0.458 e. The van der Waals surface area contributed by atoms with Gasteiger partial charge in [-0.2, -0.15) is 0 Å². The molecule has 16 heteroatoms. The molecule has 3 aliphatic rings. The highest BCUT2D eigenvalue weighted by Crippen LogP contribution is 2.46. The maximum absolute atomic E-state index is 15.2. The topological polar surface area (TPSA) is 224 Å². The van der Waals surface area contributed by atoms with Gasteiger partial charge in [-0.25, -0.2) is 14.2 Å². The second kappa shape index (κ2) is 13.2. The highest BCUT2D eigenvalue weighted by atomic mass is 19.1. The second-order valence-corrected chi connectivity index (χ2v) is 13.0. The highest BCUT2D eigenvalue weighted by Gasteiger charge is 2.46. The number of amides is 3. The van der Waals surface area contributed by atoms with E-state index in [1.807, 2.05) is 0 Å². The first-order chi connectivity index (χ1) is 23.7. The lowest BCUT2D eigenvalue weighted by molar-refractivity contribution is -0.172. The van der Waals surface area contributed by atoms with Crippen molar-refractivity contribution in [1.82, 2.24) is 25.5 Å². The first kappa shape index (κ1) is 35.1. The van der Waals surface area contributed by atoms with Crippen molar-refractivity contribution in [3.05, 3.63) is 61.7 Å². The van der Waals surface area contributed by atoms with E-state index >= 15 is 4.39 Å². The average Bonchev–Trinajstić information content (AvgIpc) is 3.46. The van der Waals surface area contributed by atoms with E-state index in [9.17, 15) is 34.2 Å². The van der Waals surface area contributed by atoms with E-state index in [-0.39, 0.29) is 30.7 Å². The van der Waals surface area contributed by atoms with Crippen LogP contribution < -0.4 is 27.2 Å². The lowest BCUT2D eigenvalue weighted by Crippen LogP contribution is -2.50. The van der Waals surface area contributed by atoms with E-state index in [0.717, 1.165) is 5.56 Å². The number of hydrogen-bond acceptors (Lipinski definition) is 11. The van der Waals surface area contributed by atoms with E-state index in [1.165, 1.54) is 24.5 Å². The van der Waals surface area contributed by atoms with Gasteiger partial charge in [0.05, 0.1) is 47.7 Å². The van der Waals surface area contributed by atoms with Crippen LogP contribution in [-0.4, -0.2) is 75.0 Å². The predicted molar refractivity (Wildman–Crippen MR) is 175 cm³/mol. The zero-order chi connectivity index (χ0) is 36.2. The summed E-state index contributed by atoms with van der Waals surface area (Å²) in [5.74, 6) is -3.12. The molecule has 1 aliphatic carbocycles. The van der Waals surface area contributed by atoms with Gasteiger partial charge in [0, 0.05) is 22.6 Å². The molecule has 0 fully saturated rings. The Kier molecular flexibility index (Phi) is 9.24. The summed E-state index contributed by atoms with van der Waals surface area (Å²) in [7, 11) is 0. The predicted octanol–water partition coefficient (Wildman–Crippen LogP) is -0.0663. The van der Waals surface area contributed by atoms with E-state index in [1.54, 1.807) is 19.9 Å². The first-order valence-corrected chi connectivity index (χ1v) is 16.4. The summed E-state index contributed by atoms with van der Waals surface area (Å²) in [5.41, 5.74) is 6.70. The summed E-state index contributed by atoms with van der Waals surface area (Å²) in [6.07, 6.45) is -0.677. The van der Waals surface area contributed by atoms with Crippen LogP contribution in [-0.2, 0) is 53.8 Å². The molecule has 50 heavy (non-hydrogen) atoms. The SMILES string of the molecule is CC[C@@]1(O)C(=O)OCc2c1cc1n(c2=O)Cc2c-1nc1cc(F)c(C)c3c1c2[C@@H](NC(=O)[C@@H](CO)OCNC(=O)[C@H](C)NC(=O)[C@H](C)N)CC3. The summed E-state index contributed by atoms with van der Waals surface area (Å²) >= 11 is 0. The minimum atomic E-state index is -2.03. The number of carbonyl (C=O) groups is 4. The van der Waals surface area contributed by atoms with Crippen molar-refractivity contribution in [3.63, 3.8) is 0 Å². The van der Waals surface area contributed by atoms with Crippen LogP contribution in [0.3, 0.4) is 0 Å². The number of nitrogens with zero attached hydrogens (tertiary/aromatic N) is 2. The van der Waals surface area contributed by atoms with Gasteiger partial charge in [-0.15, -0.1) is 0 Å². The number of esters is 1. The lowest BCUT2D eigenvalue weighted by Gasteiger charge is -2.31. The van der Waals surface area contributed by atoms with Crippen LogP contribution in [0.2, 0.25) is 0 Å². The Morgan fingerprint density at radius 2 is 1.92 bits per heavy atom. The fourth-order valence-electron chi connectivity index (χ4n) is 6.95. The summed E-state index contributed by atoms with van der Waals surface area (Å²) < 4.78 is 27.4. The molecule has 15 nitrogen and oxygen atoms in total. The maximum Gasteiger partial charge on any atom is 0.343 e. The van der Waals surface area contributed by atoms with Crippen LogP contribution in [0.1, 0.15) is 73.0 Å². The van der Waals surface area contributed by atoms with Crippen LogP contribution in [0, 0.1) is 12.7 Å². The third-order valence-electron chi connectivity index (χ3n) is 9.85. The molecule has 0 spiro atoms. The smallest absolute Gasteiger partial charge is 0.343 e. The van der Waals surface area contributed by atoms with Crippen molar-refractivity contribution in [2.45, 2.75) is 89.9 Å². The first-order valence-electron chi connectivity index (χ1n) is 16.4. The minimum absolute atomic E-state index is 0.0339. The molecular formula is C34H39FN6O9. The monoisotopic (exact) mass is 694 g/mol. The summed E-state index contributed by atoms with van der Waals surface area (Å²) in [5, 5.41) is 29.8. The summed E-state index contributed by atoms with van der Waals surface area (Å²) in [6, 6.07) is 0.449. The maximum atomic E-state index is 15.2. The van der Waals surface area contributed by atoms with Gasteiger partial charge in [-0.05, 0) is 62.8 Å². The van der Waals surface area contributed by atoms with Gasteiger partial charge in [0.1, 0.15) is 25.2 Å². The Morgan fingerprint density at radius 1 is 1.18 bits per heavy atom. The number of ether oxygens (including phenoxy) is 2. The number of rotatable bonds is 10. The van der Waals surface area contributed by atoms with Crippen LogP contribution in [0.5, 0.6) is 0 Å². The number of halogens is 1. The van der Waals surface area contributed by atoms with Gasteiger partial charge in [-0.1, -0.05) is 6.92 Å². The number of aryl methyl sites for hydroxylation is 1. The number of nitrogens with two attached hydrogens (primary N) is 1. The third kappa shape index (κ3) is 5.71. The van der Waals surface area contributed by atoms with E-state index in [2.05, 4.69) is 16.0 Å². The molecule has 0 bridgehead atoms. The molecule has 1 aromatic carbocycles. The molecule has 5 atom stereocenters. The number of aliphatic hydroxyl groups excluding tert-OH is 1. The van der Waals surface area contributed by atoms with Crippen LogP contribution in [0.25, 0.3) is 22.3 Å². The Bertz CT molecular complexity index is 2010. The molecule has 0 unspecified atom stereocenters. The van der Waals surface area contributed by atoms with E-state index in [4.69, 9.17) is 20.2 Å². The molecule has 266 valence electrons. The molecule has 3 aromatic rings. The molecule has 0 saturated carbocycles. The number of carbonyl (C=O) groups excluding carboxylic acids is 4. The molecule has 2 aliphatic heterocycles. The standard InChI is InChI=1S/C34H39FN6O9/c1-5-34(48)20-8-24-28-18(10-41(24)32(46)19(20)12-49-33(34)47)27-22(7-6-17-14(2)21(35)9-23(39-28)26(17)27)40-31(45)25(11-42)50-13-37-30(44)16(4)38-29(43)15(3)36/h8-9,15-16,22,25,42,48H,5-7,10-13,36H2,1-4H3,(H,37,44)(H,38,43)(H,40,45)/t15-,16-,22-,25+,34-/m0/s1. The normalized spacial score (nSPS) is 20.6. The number of aromatic nitrogens is 2. The van der Waals surface area contributed by atoms with Crippen molar-refractivity contribution in [2.75, 3.05) is 13.3 Å². The van der Waals surface area contributed by atoms with Crippen LogP contribution in [0.4, 0.5) is 4.39 Å². The van der Waals surface area contributed by atoms with Gasteiger partial charge in [0.25, 0.3) is 11.5 Å². The Morgan fingerprint density at radius 3 is 2.60 bits per heavy atom. The van der Waals surface area contributed by atoms with Crippen LogP contribution in [0.15, 0.2) is 16.9 Å².